The molecule has 0 fully saturated rings. The molecular weight excluding hydrogens is 174 g/mol. The molecule has 62 valence electrons. The van der Waals surface area contributed by atoms with Gasteiger partial charge in [0.1, 0.15) is 0 Å². The molecule has 2 rings (SSSR count). The average Bonchev–Trinajstić information content (AvgIpc) is 2.35. The lowest BCUT2D eigenvalue weighted by atomic mass is 10.2. The lowest BCUT2D eigenvalue weighted by Gasteiger charge is -1.96. The van der Waals surface area contributed by atoms with Crippen molar-refractivity contribution in [3.63, 3.8) is 0 Å². The number of fused-ring (bicyclic) bond motifs is 1. The van der Waals surface area contributed by atoms with Crippen molar-refractivity contribution in [2.45, 2.75) is 6.92 Å². The van der Waals surface area contributed by atoms with E-state index in [4.69, 9.17) is 17.3 Å². The standard InChI is InChI=1S/C8H8ClN3/c1-4-2-5-7(3-6(4)9)11-12-8(5)10/h2-3H,1H3,(H3,10,11,12). The van der Waals surface area contributed by atoms with E-state index >= 15 is 0 Å². The molecule has 3 N–H and O–H groups in total. The molecule has 0 saturated carbocycles. The largest absolute Gasteiger partial charge is 0.382 e. The number of H-pyrrole nitrogens is 1. The zero-order chi connectivity index (χ0) is 8.72. The summed E-state index contributed by atoms with van der Waals surface area (Å²) in [7, 11) is 0. The van der Waals surface area contributed by atoms with E-state index in [2.05, 4.69) is 10.2 Å². The molecule has 0 atom stereocenters. The molecule has 0 aliphatic rings. The predicted molar refractivity (Wildman–Crippen MR) is 50.3 cm³/mol. The first-order valence-corrected chi connectivity index (χ1v) is 3.96. The van der Waals surface area contributed by atoms with Crippen molar-refractivity contribution in [2.75, 3.05) is 5.73 Å². The predicted octanol–water partition coefficient (Wildman–Crippen LogP) is 2.11. The van der Waals surface area contributed by atoms with Gasteiger partial charge >= 0.3 is 0 Å². The third-order valence-electron chi connectivity index (χ3n) is 1.87. The zero-order valence-corrected chi connectivity index (χ0v) is 7.31. The van der Waals surface area contributed by atoms with Crippen LogP contribution in [0.2, 0.25) is 5.02 Å². The van der Waals surface area contributed by atoms with Crippen LogP contribution < -0.4 is 5.73 Å². The second kappa shape index (κ2) is 2.38. The minimum absolute atomic E-state index is 0.518. The number of rotatable bonds is 0. The first-order valence-electron chi connectivity index (χ1n) is 3.58. The van der Waals surface area contributed by atoms with Crippen LogP contribution in [0.15, 0.2) is 12.1 Å². The van der Waals surface area contributed by atoms with Gasteiger partial charge in [0.15, 0.2) is 5.82 Å². The number of nitrogens with two attached hydrogens (primary N) is 1. The number of nitrogens with one attached hydrogen (secondary N) is 1. The molecule has 1 heterocycles. The number of hydrogen-bond donors (Lipinski definition) is 2. The lowest BCUT2D eigenvalue weighted by Crippen LogP contribution is -1.84. The number of hydrogen-bond acceptors (Lipinski definition) is 2. The number of halogens is 1. The molecule has 0 spiro atoms. The van der Waals surface area contributed by atoms with Gasteiger partial charge < -0.3 is 5.73 Å². The van der Waals surface area contributed by atoms with E-state index in [-0.39, 0.29) is 0 Å². The van der Waals surface area contributed by atoms with Gasteiger partial charge in [0.25, 0.3) is 0 Å². The van der Waals surface area contributed by atoms with Gasteiger partial charge in [0, 0.05) is 10.4 Å². The molecule has 0 radical (unpaired) electrons. The highest BCUT2D eigenvalue weighted by Crippen LogP contribution is 2.24. The first-order chi connectivity index (χ1) is 5.68. The summed E-state index contributed by atoms with van der Waals surface area (Å²) in [6.45, 7) is 1.94. The summed E-state index contributed by atoms with van der Waals surface area (Å²) in [5.41, 5.74) is 7.50. The fourth-order valence-corrected chi connectivity index (χ4v) is 1.33. The minimum atomic E-state index is 0.518. The van der Waals surface area contributed by atoms with E-state index in [1.807, 2.05) is 19.1 Å². The average molecular weight is 182 g/mol. The number of benzene rings is 1. The monoisotopic (exact) mass is 181 g/mol. The van der Waals surface area contributed by atoms with Crippen molar-refractivity contribution in [3.8, 4) is 0 Å². The van der Waals surface area contributed by atoms with Crippen molar-refractivity contribution in [2.24, 2.45) is 0 Å². The second-order valence-electron chi connectivity index (χ2n) is 2.76. The fourth-order valence-electron chi connectivity index (χ4n) is 1.17. The number of nitrogens with zero attached hydrogens (tertiary/aromatic N) is 1. The van der Waals surface area contributed by atoms with Crippen LogP contribution in [-0.4, -0.2) is 10.2 Å². The van der Waals surface area contributed by atoms with Crippen LogP contribution in [-0.2, 0) is 0 Å². The fraction of sp³-hybridized carbons (Fsp3) is 0.125. The molecule has 0 bridgehead atoms. The SMILES string of the molecule is Cc1cc2c(N)n[nH]c2cc1Cl. The Labute approximate surface area is 74.5 Å². The highest BCUT2D eigenvalue weighted by Gasteiger charge is 2.04. The number of aryl methyl sites for hydroxylation is 1. The quantitative estimate of drug-likeness (QED) is 0.654. The van der Waals surface area contributed by atoms with Gasteiger partial charge in [-0.15, -0.1) is 0 Å². The Hall–Kier alpha value is -1.22. The van der Waals surface area contributed by atoms with E-state index in [1.54, 1.807) is 0 Å². The smallest absolute Gasteiger partial charge is 0.153 e. The number of nitrogen functional groups attached to an aromatic ring is 1. The minimum Gasteiger partial charge on any atom is -0.382 e. The van der Waals surface area contributed by atoms with Crippen LogP contribution in [0.4, 0.5) is 5.82 Å². The van der Waals surface area contributed by atoms with E-state index < -0.39 is 0 Å². The molecule has 3 nitrogen and oxygen atoms in total. The van der Waals surface area contributed by atoms with Gasteiger partial charge in [-0.25, -0.2) is 0 Å². The maximum Gasteiger partial charge on any atom is 0.153 e. The third-order valence-corrected chi connectivity index (χ3v) is 2.28. The van der Waals surface area contributed by atoms with Crippen molar-refractivity contribution in [3.05, 3.63) is 22.7 Å². The van der Waals surface area contributed by atoms with Crippen LogP contribution in [0, 0.1) is 6.92 Å². The summed E-state index contributed by atoms with van der Waals surface area (Å²) >= 11 is 5.91. The molecule has 0 amide bonds. The Bertz CT molecular complexity index is 433. The molecule has 12 heavy (non-hydrogen) atoms. The number of aromatic amines is 1. The lowest BCUT2D eigenvalue weighted by molar-refractivity contribution is 1.13. The highest BCUT2D eigenvalue weighted by atomic mass is 35.5. The molecule has 1 aromatic heterocycles. The summed E-state index contributed by atoms with van der Waals surface area (Å²) in [6, 6.07) is 3.76. The molecule has 0 unspecified atom stereocenters. The summed E-state index contributed by atoms with van der Waals surface area (Å²) < 4.78 is 0. The Kier molecular flexibility index (Phi) is 1.48. The van der Waals surface area contributed by atoms with Gasteiger partial charge in [0.2, 0.25) is 0 Å². The maximum absolute atomic E-state index is 5.91. The summed E-state index contributed by atoms with van der Waals surface area (Å²) in [6.07, 6.45) is 0. The van der Waals surface area contributed by atoms with Crippen LogP contribution in [0.1, 0.15) is 5.56 Å². The van der Waals surface area contributed by atoms with E-state index in [1.165, 1.54) is 0 Å². The zero-order valence-electron chi connectivity index (χ0n) is 6.56. The topological polar surface area (TPSA) is 54.7 Å². The number of anilines is 1. The van der Waals surface area contributed by atoms with Crippen LogP contribution in [0.3, 0.4) is 0 Å². The van der Waals surface area contributed by atoms with Crippen molar-refractivity contribution < 1.29 is 0 Å². The molecule has 4 heteroatoms. The van der Waals surface area contributed by atoms with Gasteiger partial charge in [-0.1, -0.05) is 11.6 Å². The Morgan fingerprint density at radius 2 is 2.25 bits per heavy atom. The van der Waals surface area contributed by atoms with Crippen LogP contribution in [0.25, 0.3) is 10.9 Å². The van der Waals surface area contributed by atoms with Gasteiger partial charge in [-0.05, 0) is 24.6 Å². The van der Waals surface area contributed by atoms with Crippen molar-refractivity contribution >= 4 is 28.3 Å². The highest BCUT2D eigenvalue weighted by molar-refractivity contribution is 6.32. The summed E-state index contributed by atoms with van der Waals surface area (Å²) in [4.78, 5) is 0. The van der Waals surface area contributed by atoms with Crippen molar-refractivity contribution in [1.29, 1.82) is 0 Å². The molecule has 1 aromatic carbocycles. The molecule has 0 saturated heterocycles. The van der Waals surface area contributed by atoms with E-state index in [0.717, 1.165) is 21.5 Å². The molecular formula is C8H8ClN3. The first kappa shape index (κ1) is 7.43. The molecule has 0 aliphatic heterocycles. The summed E-state index contributed by atoms with van der Waals surface area (Å²) in [5, 5.41) is 8.32. The summed E-state index contributed by atoms with van der Waals surface area (Å²) in [5.74, 6) is 0.518. The maximum atomic E-state index is 5.91. The Morgan fingerprint density at radius 3 is 3.00 bits per heavy atom. The van der Waals surface area contributed by atoms with Gasteiger partial charge in [-0.2, -0.15) is 5.10 Å². The van der Waals surface area contributed by atoms with Crippen molar-refractivity contribution in [1.82, 2.24) is 10.2 Å². The van der Waals surface area contributed by atoms with Crippen LogP contribution in [0.5, 0.6) is 0 Å². The second-order valence-corrected chi connectivity index (χ2v) is 3.16. The Morgan fingerprint density at radius 1 is 1.50 bits per heavy atom. The van der Waals surface area contributed by atoms with Gasteiger partial charge in [-0.3, -0.25) is 5.10 Å². The van der Waals surface area contributed by atoms with Crippen LogP contribution >= 0.6 is 11.6 Å². The third kappa shape index (κ3) is 0.940. The molecule has 2 aromatic rings. The normalized spacial score (nSPS) is 10.8. The number of aromatic nitrogens is 2. The Balaban J connectivity index is 2.87. The molecule has 0 aliphatic carbocycles. The van der Waals surface area contributed by atoms with Gasteiger partial charge in [0.05, 0.1) is 5.52 Å². The van der Waals surface area contributed by atoms with E-state index in [9.17, 15) is 0 Å². The van der Waals surface area contributed by atoms with E-state index in [0.29, 0.717) is 5.82 Å².